The molecule has 154 valence electrons. The Kier molecular flexibility index (Phi) is 5.18. The number of sulfonamides is 1. The van der Waals surface area contributed by atoms with Crippen LogP contribution in [0.15, 0.2) is 46.4 Å². The van der Waals surface area contributed by atoms with Crippen LogP contribution in [0.3, 0.4) is 0 Å². The average molecular weight is 423 g/mol. The monoisotopic (exact) mass is 423 g/mol. The van der Waals surface area contributed by atoms with Crippen molar-refractivity contribution in [1.82, 2.24) is 4.90 Å². The maximum absolute atomic E-state index is 12.5. The molecule has 2 aliphatic heterocycles. The van der Waals surface area contributed by atoms with E-state index in [-0.39, 0.29) is 22.8 Å². The minimum atomic E-state index is -3.52. The molecule has 0 spiro atoms. The predicted octanol–water partition coefficient (Wildman–Crippen LogP) is 3.26. The molecule has 30 heavy (non-hydrogen) atoms. The summed E-state index contributed by atoms with van der Waals surface area (Å²) >= 11 is 0. The van der Waals surface area contributed by atoms with E-state index in [9.17, 15) is 13.7 Å². The van der Waals surface area contributed by atoms with Crippen LogP contribution in [-0.4, -0.2) is 51.4 Å². The molecule has 0 saturated heterocycles. The smallest absolute Gasteiger partial charge is 0.234 e. The number of nitrogens with zero attached hydrogens (tertiary/aromatic N) is 5. The summed E-state index contributed by atoms with van der Waals surface area (Å²) in [6.45, 7) is 3.31. The van der Waals surface area contributed by atoms with Gasteiger partial charge in [-0.25, -0.2) is 13.4 Å². The summed E-state index contributed by atoms with van der Waals surface area (Å²) in [6, 6.07) is 12.5. The first-order valence-electron chi connectivity index (χ1n) is 9.62. The van der Waals surface area contributed by atoms with Crippen LogP contribution in [0.25, 0.3) is 0 Å². The molecule has 0 fully saturated rings. The first-order valence-corrected chi connectivity index (χ1v) is 11.2. The molecule has 4 rings (SSSR count). The summed E-state index contributed by atoms with van der Waals surface area (Å²) in [4.78, 5) is 11.0. The normalized spacial score (nSPS) is 14.6. The molecule has 2 heterocycles. The van der Waals surface area contributed by atoms with E-state index < -0.39 is 10.0 Å². The van der Waals surface area contributed by atoms with Crippen LogP contribution in [0.5, 0.6) is 11.5 Å². The molecule has 9 heteroatoms. The fraction of sp³-hybridized carbons (Fsp3) is 0.286. The molecule has 0 aromatic heterocycles. The maximum Gasteiger partial charge on any atom is 0.234 e. The Morgan fingerprint density at radius 2 is 2.13 bits per heavy atom. The van der Waals surface area contributed by atoms with Crippen molar-refractivity contribution in [2.75, 3.05) is 30.2 Å². The molecule has 0 N–H and O–H groups in total. The number of amidine groups is 1. The minimum absolute atomic E-state index is 0.00338. The number of aliphatic imine (C=N–C) groups is 2. The van der Waals surface area contributed by atoms with Crippen molar-refractivity contribution < 1.29 is 13.2 Å². The van der Waals surface area contributed by atoms with Gasteiger partial charge in [0.05, 0.1) is 30.0 Å². The SMILES string of the molecule is CCCS(=O)(=O)N(C)c1cccc(Oc2ccc3c(c2)C2=NCCN2C=N3)c1C#N. The maximum atomic E-state index is 12.5. The van der Waals surface area contributed by atoms with E-state index in [4.69, 9.17) is 4.74 Å². The van der Waals surface area contributed by atoms with Crippen LogP contribution < -0.4 is 9.04 Å². The summed E-state index contributed by atoms with van der Waals surface area (Å²) in [6.07, 6.45) is 2.27. The number of benzene rings is 2. The highest BCUT2D eigenvalue weighted by Crippen LogP contribution is 2.35. The molecule has 2 aromatic rings. The standard InChI is InChI=1S/C21H21N5O3S/c1-3-11-30(27,28)25(2)19-5-4-6-20(17(19)13-22)29-15-7-8-18-16(12-15)21-23-9-10-26(21)14-24-18/h4-8,12,14H,3,9-11H2,1-2H3. The van der Waals surface area contributed by atoms with Gasteiger partial charge in [-0.1, -0.05) is 13.0 Å². The van der Waals surface area contributed by atoms with Gasteiger partial charge in [-0.3, -0.25) is 9.30 Å². The second-order valence-electron chi connectivity index (χ2n) is 6.97. The van der Waals surface area contributed by atoms with Crippen molar-refractivity contribution in [2.24, 2.45) is 9.98 Å². The first kappa shape index (κ1) is 19.9. The lowest BCUT2D eigenvalue weighted by Gasteiger charge is -2.22. The van der Waals surface area contributed by atoms with E-state index in [2.05, 4.69) is 16.1 Å². The zero-order chi connectivity index (χ0) is 21.3. The fourth-order valence-electron chi connectivity index (χ4n) is 3.47. The third-order valence-electron chi connectivity index (χ3n) is 4.98. The van der Waals surface area contributed by atoms with Crippen molar-refractivity contribution in [3.8, 4) is 17.6 Å². The summed E-state index contributed by atoms with van der Waals surface area (Å²) in [5.74, 6) is 1.67. The van der Waals surface area contributed by atoms with E-state index in [1.165, 1.54) is 7.05 Å². The van der Waals surface area contributed by atoms with E-state index >= 15 is 0 Å². The molecule has 8 nitrogen and oxygen atoms in total. The molecule has 0 radical (unpaired) electrons. The summed E-state index contributed by atoms with van der Waals surface area (Å²) in [5.41, 5.74) is 2.12. The second-order valence-corrected chi connectivity index (χ2v) is 9.09. The van der Waals surface area contributed by atoms with Crippen LogP contribution in [0.2, 0.25) is 0 Å². The third-order valence-corrected chi connectivity index (χ3v) is 6.94. The molecule has 0 saturated carbocycles. The van der Waals surface area contributed by atoms with E-state index in [0.29, 0.717) is 18.7 Å². The molecule has 0 bridgehead atoms. The lowest BCUT2D eigenvalue weighted by atomic mass is 10.1. The second kappa shape index (κ2) is 7.80. The number of nitriles is 1. The van der Waals surface area contributed by atoms with Gasteiger partial charge in [0.15, 0.2) is 0 Å². The molecule has 2 aromatic carbocycles. The number of anilines is 1. The Morgan fingerprint density at radius 3 is 2.90 bits per heavy atom. The summed E-state index contributed by atoms with van der Waals surface area (Å²) in [7, 11) is -2.06. The Labute approximate surface area is 175 Å². The number of fused-ring (bicyclic) bond motifs is 3. The third kappa shape index (κ3) is 3.50. The molecule has 0 amide bonds. The van der Waals surface area contributed by atoms with Crippen LogP contribution in [0.4, 0.5) is 11.4 Å². The molecule has 0 aliphatic carbocycles. The van der Waals surface area contributed by atoms with Gasteiger partial charge in [-0.05, 0) is 36.8 Å². The molecular formula is C21H21N5O3S. The highest BCUT2D eigenvalue weighted by atomic mass is 32.2. The van der Waals surface area contributed by atoms with Crippen molar-refractivity contribution in [3.63, 3.8) is 0 Å². The van der Waals surface area contributed by atoms with Crippen molar-refractivity contribution in [2.45, 2.75) is 13.3 Å². The van der Waals surface area contributed by atoms with Gasteiger partial charge >= 0.3 is 0 Å². The minimum Gasteiger partial charge on any atom is -0.456 e. The number of hydrogen-bond donors (Lipinski definition) is 0. The molecule has 2 aliphatic rings. The Morgan fingerprint density at radius 1 is 1.30 bits per heavy atom. The quantitative estimate of drug-likeness (QED) is 0.710. The Balaban J connectivity index is 1.69. The van der Waals surface area contributed by atoms with Gasteiger partial charge < -0.3 is 9.64 Å². The van der Waals surface area contributed by atoms with Gasteiger partial charge in [0.25, 0.3) is 0 Å². The lowest BCUT2D eigenvalue weighted by molar-refractivity contribution is 0.481. The van der Waals surface area contributed by atoms with Gasteiger partial charge in [-0.15, -0.1) is 0 Å². The van der Waals surface area contributed by atoms with E-state index in [1.807, 2.05) is 17.0 Å². The zero-order valence-electron chi connectivity index (χ0n) is 16.7. The van der Waals surface area contributed by atoms with Crippen molar-refractivity contribution in [1.29, 1.82) is 5.26 Å². The van der Waals surface area contributed by atoms with Gasteiger partial charge in [0.2, 0.25) is 10.0 Å². The summed E-state index contributed by atoms with van der Waals surface area (Å²) in [5, 5.41) is 9.74. The highest BCUT2D eigenvalue weighted by Gasteiger charge is 2.25. The Hall–Kier alpha value is -3.38. The largest absolute Gasteiger partial charge is 0.456 e. The molecule has 0 unspecified atom stereocenters. The number of hydrogen-bond acceptors (Lipinski definition) is 7. The van der Waals surface area contributed by atoms with Crippen molar-refractivity contribution in [3.05, 3.63) is 47.5 Å². The first-order chi connectivity index (χ1) is 14.4. The van der Waals surface area contributed by atoms with Crippen molar-refractivity contribution >= 4 is 33.6 Å². The number of rotatable bonds is 6. The van der Waals surface area contributed by atoms with Crippen LogP contribution >= 0.6 is 0 Å². The van der Waals surface area contributed by atoms with Gasteiger partial charge in [0.1, 0.15) is 29.0 Å². The lowest BCUT2D eigenvalue weighted by Crippen LogP contribution is -2.29. The predicted molar refractivity (Wildman–Crippen MR) is 116 cm³/mol. The van der Waals surface area contributed by atoms with Crippen LogP contribution in [0, 0.1) is 11.3 Å². The van der Waals surface area contributed by atoms with Crippen LogP contribution in [-0.2, 0) is 10.0 Å². The topological polar surface area (TPSA) is 98.4 Å². The Bertz CT molecular complexity index is 1200. The van der Waals surface area contributed by atoms with Gasteiger partial charge in [0, 0.05) is 19.2 Å². The van der Waals surface area contributed by atoms with Gasteiger partial charge in [-0.2, -0.15) is 5.26 Å². The molecular weight excluding hydrogens is 402 g/mol. The number of ether oxygens (including phenoxy) is 1. The van der Waals surface area contributed by atoms with E-state index in [0.717, 1.165) is 27.9 Å². The average Bonchev–Trinajstić information content (AvgIpc) is 3.22. The molecule has 0 atom stereocenters. The summed E-state index contributed by atoms with van der Waals surface area (Å²) < 4.78 is 32.1. The van der Waals surface area contributed by atoms with Crippen LogP contribution in [0.1, 0.15) is 24.5 Å². The fourth-order valence-corrected chi connectivity index (χ4v) is 4.71. The zero-order valence-corrected chi connectivity index (χ0v) is 17.6. The van der Waals surface area contributed by atoms with E-state index in [1.54, 1.807) is 37.5 Å². The highest BCUT2D eigenvalue weighted by molar-refractivity contribution is 7.92.